The summed E-state index contributed by atoms with van der Waals surface area (Å²) in [5, 5.41) is 5.65. The Bertz CT molecular complexity index is 689. The van der Waals surface area contributed by atoms with Gasteiger partial charge >= 0.3 is 6.03 Å². The van der Waals surface area contributed by atoms with E-state index >= 15 is 0 Å². The van der Waals surface area contributed by atoms with E-state index in [4.69, 9.17) is 14.2 Å². The summed E-state index contributed by atoms with van der Waals surface area (Å²) in [5.74, 6) is 0.827. The molecule has 0 aliphatic heterocycles. The highest BCUT2D eigenvalue weighted by atomic mass is 16.5. The zero-order valence-electron chi connectivity index (χ0n) is 16.0. The molecule has 0 saturated carbocycles. The fourth-order valence-corrected chi connectivity index (χ4v) is 2.44. The molecule has 0 saturated heterocycles. The molecule has 6 heteroatoms. The van der Waals surface area contributed by atoms with Gasteiger partial charge in [-0.15, -0.1) is 0 Å². The van der Waals surface area contributed by atoms with E-state index in [9.17, 15) is 4.79 Å². The van der Waals surface area contributed by atoms with Crippen molar-refractivity contribution in [1.82, 2.24) is 5.32 Å². The topological polar surface area (TPSA) is 68.8 Å². The summed E-state index contributed by atoms with van der Waals surface area (Å²) in [5.41, 5.74) is 2.82. The van der Waals surface area contributed by atoms with Gasteiger partial charge in [0.15, 0.2) is 0 Å². The van der Waals surface area contributed by atoms with E-state index in [1.165, 1.54) is 0 Å². The molecular weight excluding hydrogens is 344 g/mol. The summed E-state index contributed by atoms with van der Waals surface area (Å²) in [4.78, 5) is 11.9. The van der Waals surface area contributed by atoms with Crippen LogP contribution in [0.15, 0.2) is 48.5 Å². The van der Waals surface area contributed by atoms with Crippen molar-refractivity contribution in [3.63, 3.8) is 0 Å². The highest BCUT2D eigenvalue weighted by Crippen LogP contribution is 2.14. The fourth-order valence-electron chi connectivity index (χ4n) is 2.44. The van der Waals surface area contributed by atoms with Gasteiger partial charge in [0.05, 0.1) is 20.3 Å². The molecule has 2 aromatic carbocycles. The number of nitrogens with one attached hydrogen (secondary N) is 2. The highest BCUT2D eigenvalue weighted by molar-refractivity contribution is 5.89. The maximum Gasteiger partial charge on any atom is 0.319 e. The van der Waals surface area contributed by atoms with E-state index in [0.717, 1.165) is 29.0 Å². The van der Waals surface area contributed by atoms with Gasteiger partial charge in [0.1, 0.15) is 5.75 Å². The van der Waals surface area contributed by atoms with Crippen molar-refractivity contribution in [2.75, 3.05) is 32.2 Å². The Morgan fingerprint density at radius 1 is 1.00 bits per heavy atom. The van der Waals surface area contributed by atoms with Crippen molar-refractivity contribution in [3.05, 3.63) is 59.7 Å². The van der Waals surface area contributed by atoms with E-state index < -0.39 is 0 Å². The van der Waals surface area contributed by atoms with Gasteiger partial charge in [-0.25, -0.2) is 4.79 Å². The van der Waals surface area contributed by atoms with Crippen LogP contribution in [0.4, 0.5) is 10.5 Å². The van der Waals surface area contributed by atoms with Gasteiger partial charge in [-0.2, -0.15) is 0 Å². The molecule has 2 amide bonds. The standard InChI is InChI=1S/C21H28N2O4/c1-3-26-13-5-12-22-21(24)23-19-7-4-6-18(14-19)16-27-15-17-8-10-20(25-2)11-9-17/h4,6-11,14H,3,5,12-13,15-16H2,1-2H3,(H2,22,23,24). The van der Waals surface area contributed by atoms with Crippen molar-refractivity contribution >= 4 is 11.7 Å². The number of urea groups is 1. The van der Waals surface area contributed by atoms with Crippen molar-refractivity contribution in [2.24, 2.45) is 0 Å². The smallest absolute Gasteiger partial charge is 0.319 e. The van der Waals surface area contributed by atoms with Crippen LogP contribution in [0.25, 0.3) is 0 Å². The molecule has 0 unspecified atom stereocenters. The Labute approximate surface area is 160 Å². The number of rotatable bonds is 11. The molecule has 0 aliphatic carbocycles. The zero-order valence-corrected chi connectivity index (χ0v) is 16.0. The summed E-state index contributed by atoms with van der Waals surface area (Å²) in [6, 6.07) is 15.2. The molecule has 0 heterocycles. The average molecular weight is 372 g/mol. The van der Waals surface area contributed by atoms with Crippen molar-refractivity contribution in [3.8, 4) is 5.75 Å². The second kappa shape index (κ2) is 11.9. The number of anilines is 1. The molecule has 2 rings (SSSR count). The Balaban J connectivity index is 1.73. The van der Waals surface area contributed by atoms with Gasteiger partial charge in [0.25, 0.3) is 0 Å². The van der Waals surface area contributed by atoms with Crippen molar-refractivity contribution < 1.29 is 19.0 Å². The summed E-state index contributed by atoms with van der Waals surface area (Å²) in [6.45, 7) is 4.86. The molecule has 0 aromatic heterocycles. The number of benzene rings is 2. The average Bonchev–Trinajstić information content (AvgIpc) is 2.69. The lowest BCUT2D eigenvalue weighted by molar-refractivity contribution is 0.107. The number of ether oxygens (including phenoxy) is 3. The van der Waals surface area contributed by atoms with E-state index in [-0.39, 0.29) is 6.03 Å². The fraction of sp³-hybridized carbons (Fsp3) is 0.381. The third-order valence-corrected chi connectivity index (χ3v) is 3.84. The SMILES string of the molecule is CCOCCCNC(=O)Nc1cccc(COCc2ccc(OC)cc2)c1. The van der Waals surface area contributed by atoms with Crippen LogP contribution in [-0.2, 0) is 22.7 Å². The lowest BCUT2D eigenvalue weighted by atomic mass is 10.2. The molecule has 0 atom stereocenters. The van der Waals surface area contributed by atoms with Crippen LogP contribution in [0.3, 0.4) is 0 Å². The Hall–Kier alpha value is -2.57. The number of carbonyl (C=O) groups is 1. The van der Waals surface area contributed by atoms with E-state index in [1.54, 1.807) is 7.11 Å². The molecule has 146 valence electrons. The minimum absolute atomic E-state index is 0.220. The lowest BCUT2D eigenvalue weighted by Crippen LogP contribution is -2.30. The summed E-state index contributed by atoms with van der Waals surface area (Å²) < 4.78 is 16.1. The Kier molecular flexibility index (Phi) is 9.17. The van der Waals surface area contributed by atoms with Crippen molar-refractivity contribution in [2.45, 2.75) is 26.6 Å². The second-order valence-electron chi connectivity index (χ2n) is 5.97. The first-order valence-electron chi connectivity index (χ1n) is 9.13. The second-order valence-corrected chi connectivity index (χ2v) is 5.97. The van der Waals surface area contributed by atoms with E-state index in [2.05, 4.69) is 10.6 Å². The molecular formula is C21H28N2O4. The highest BCUT2D eigenvalue weighted by Gasteiger charge is 2.03. The monoisotopic (exact) mass is 372 g/mol. The third kappa shape index (κ3) is 8.11. The number of amides is 2. The molecule has 0 aliphatic rings. The largest absolute Gasteiger partial charge is 0.497 e. The number of hydrogen-bond acceptors (Lipinski definition) is 4. The van der Waals surface area contributed by atoms with E-state index in [0.29, 0.717) is 33.0 Å². The third-order valence-electron chi connectivity index (χ3n) is 3.84. The van der Waals surface area contributed by atoms with Crippen LogP contribution in [0.2, 0.25) is 0 Å². The minimum Gasteiger partial charge on any atom is -0.497 e. The molecule has 0 fully saturated rings. The first-order chi connectivity index (χ1) is 13.2. The number of hydrogen-bond donors (Lipinski definition) is 2. The first kappa shape index (κ1) is 20.7. The molecule has 0 bridgehead atoms. The summed E-state index contributed by atoms with van der Waals surface area (Å²) in [6.07, 6.45) is 0.792. The van der Waals surface area contributed by atoms with Crippen LogP contribution in [0, 0.1) is 0 Å². The predicted molar refractivity (Wildman–Crippen MR) is 106 cm³/mol. The number of methoxy groups -OCH3 is 1. The van der Waals surface area contributed by atoms with Crippen LogP contribution in [0.5, 0.6) is 5.75 Å². The quantitative estimate of drug-likeness (QED) is 0.586. The molecule has 2 aromatic rings. The lowest BCUT2D eigenvalue weighted by Gasteiger charge is -2.10. The molecule has 0 radical (unpaired) electrons. The molecule has 27 heavy (non-hydrogen) atoms. The van der Waals surface area contributed by atoms with Gasteiger partial charge in [0.2, 0.25) is 0 Å². The zero-order chi connectivity index (χ0) is 19.3. The molecule has 2 N–H and O–H groups in total. The van der Waals surface area contributed by atoms with Gasteiger partial charge in [0, 0.05) is 25.4 Å². The number of carbonyl (C=O) groups excluding carboxylic acids is 1. The van der Waals surface area contributed by atoms with Gasteiger partial charge < -0.3 is 24.8 Å². The normalized spacial score (nSPS) is 10.4. The van der Waals surface area contributed by atoms with E-state index in [1.807, 2.05) is 55.5 Å². The van der Waals surface area contributed by atoms with Crippen LogP contribution >= 0.6 is 0 Å². The van der Waals surface area contributed by atoms with Gasteiger partial charge in [-0.3, -0.25) is 0 Å². The van der Waals surface area contributed by atoms with Crippen LogP contribution in [-0.4, -0.2) is 32.9 Å². The molecule has 6 nitrogen and oxygen atoms in total. The first-order valence-corrected chi connectivity index (χ1v) is 9.13. The maximum absolute atomic E-state index is 11.9. The Morgan fingerprint density at radius 3 is 2.52 bits per heavy atom. The van der Waals surface area contributed by atoms with Crippen molar-refractivity contribution in [1.29, 1.82) is 0 Å². The van der Waals surface area contributed by atoms with Crippen LogP contribution in [0.1, 0.15) is 24.5 Å². The van der Waals surface area contributed by atoms with Crippen LogP contribution < -0.4 is 15.4 Å². The van der Waals surface area contributed by atoms with Gasteiger partial charge in [-0.1, -0.05) is 24.3 Å². The predicted octanol–water partition coefficient (Wildman–Crippen LogP) is 3.96. The summed E-state index contributed by atoms with van der Waals surface area (Å²) in [7, 11) is 1.65. The molecule has 0 spiro atoms. The van der Waals surface area contributed by atoms with Gasteiger partial charge in [-0.05, 0) is 48.7 Å². The summed E-state index contributed by atoms with van der Waals surface area (Å²) >= 11 is 0. The minimum atomic E-state index is -0.220. The Morgan fingerprint density at radius 2 is 1.78 bits per heavy atom. The maximum atomic E-state index is 11.9.